The molecule has 5 aliphatic carbocycles. The zero-order chi connectivity index (χ0) is 21.7. The molecule has 0 atom stereocenters. The van der Waals surface area contributed by atoms with E-state index in [4.69, 9.17) is 23.2 Å². The Hall–Kier alpha value is 0.580. The van der Waals surface area contributed by atoms with Crippen molar-refractivity contribution >= 4 is 23.2 Å². The highest BCUT2D eigenvalue weighted by Gasteiger charge is 2.72. The number of hydrogen-bond donors (Lipinski definition) is 0. The molecule has 0 N–H and O–H groups in total. The first-order valence-electron chi connectivity index (χ1n) is 14.3. The summed E-state index contributed by atoms with van der Waals surface area (Å²) in [6, 6.07) is 0. The molecule has 5 rings (SSSR count). The average Bonchev–Trinajstić information content (AvgIpc) is 2.81. The first kappa shape index (κ1) is 23.3. The molecule has 2 spiro atoms. The Bertz CT molecular complexity index is 592. The van der Waals surface area contributed by atoms with Gasteiger partial charge in [0.25, 0.3) is 0 Å². The van der Waals surface area contributed by atoms with Crippen LogP contribution in [0.1, 0.15) is 129 Å². The van der Waals surface area contributed by atoms with E-state index in [0.717, 1.165) is 35.5 Å². The van der Waals surface area contributed by atoms with Gasteiger partial charge in [0.15, 0.2) is 0 Å². The van der Waals surface area contributed by atoms with Crippen molar-refractivity contribution < 1.29 is 0 Å². The maximum absolute atomic E-state index is 7.37. The quantitative estimate of drug-likeness (QED) is 0.362. The van der Waals surface area contributed by atoms with Gasteiger partial charge in [0.1, 0.15) is 4.33 Å². The van der Waals surface area contributed by atoms with E-state index in [1.807, 2.05) is 0 Å². The highest BCUT2D eigenvalue weighted by molar-refractivity contribution is 6.50. The highest BCUT2D eigenvalue weighted by atomic mass is 35.5. The van der Waals surface area contributed by atoms with Crippen molar-refractivity contribution in [3.8, 4) is 0 Å². The standard InChI is InChI=1S/C29H48Cl2/c1-3-22-6-10-24(11-7-22)26-14-18-28(19-15-26)20-27(29(28,30)31)16-12-25(13-17-27)23-8-4-21(2)5-9-23/h21-26H,3-20H2,1-2H3/t21?,22?,23?,24?,25-,26?,27-,28-. The predicted octanol–water partition coefficient (Wildman–Crippen LogP) is 9.96. The van der Waals surface area contributed by atoms with Crippen LogP contribution in [-0.4, -0.2) is 4.33 Å². The minimum absolute atomic E-state index is 0.250. The Morgan fingerprint density at radius 3 is 1.35 bits per heavy atom. The first-order valence-corrected chi connectivity index (χ1v) is 15.0. The zero-order valence-electron chi connectivity index (χ0n) is 20.4. The van der Waals surface area contributed by atoms with Crippen molar-refractivity contribution in [2.24, 2.45) is 46.3 Å². The molecule has 0 radical (unpaired) electrons. The van der Waals surface area contributed by atoms with Crippen LogP contribution in [0.15, 0.2) is 0 Å². The van der Waals surface area contributed by atoms with Crippen molar-refractivity contribution in [1.29, 1.82) is 0 Å². The van der Waals surface area contributed by atoms with Gasteiger partial charge < -0.3 is 0 Å². The van der Waals surface area contributed by atoms with Crippen LogP contribution in [0.5, 0.6) is 0 Å². The van der Waals surface area contributed by atoms with E-state index in [9.17, 15) is 0 Å². The second-order valence-corrected chi connectivity index (χ2v) is 14.5. The number of alkyl halides is 2. The van der Waals surface area contributed by atoms with Gasteiger partial charge in [0.05, 0.1) is 0 Å². The maximum atomic E-state index is 7.37. The second-order valence-electron chi connectivity index (χ2n) is 13.2. The molecule has 31 heavy (non-hydrogen) atoms. The molecule has 0 bridgehead atoms. The molecule has 0 amide bonds. The first-order chi connectivity index (χ1) is 14.9. The van der Waals surface area contributed by atoms with Gasteiger partial charge in [-0.1, -0.05) is 46.0 Å². The molecule has 178 valence electrons. The molecular formula is C29H48Cl2. The number of rotatable bonds is 3. The molecular weight excluding hydrogens is 419 g/mol. The summed E-state index contributed by atoms with van der Waals surface area (Å²) >= 11 is 14.7. The van der Waals surface area contributed by atoms with Gasteiger partial charge in [-0.3, -0.25) is 0 Å². The van der Waals surface area contributed by atoms with Gasteiger partial charge in [-0.25, -0.2) is 0 Å². The molecule has 5 aliphatic rings. The van der Waals surface area contributed by atoms with E-state index >= 15 is 0 Å². The molecule has 5 fully saturated rings. The van der Waals surface area contributed by atoms with Gasteiger partial charge in [0.2, 0.25) is 0 Å². The van der Waals surface area contributed by atoms with Crippen LogP contribution in [0.25, 0.3) is 0 Å². The summed E-state index contributed by atoms with van der Waals surface area (Å²) in [5, 5.41) is 0. The fourth-order valence-corrected chi connectivity index (χ4v) is 10.5. The van der Waals surface area contributed by atoms with Gasteiger partial charge in [-0.05, 0) is 119 Å². The van der Waals surface area contributed by atoms with Crippen LogP contribution in [0.2, 0.25) is 0 Å². The summed E-state index contributed by atoms with van der Waals surface area (Å²) in [5.74, 6) is 5.92. The summed E-state index contributed by atoms with van der Waals surface area (Å²) in [5.41, 5.74) is 0.501. The lowest BCUT2D eigenvalue weighted by Gasteiger charge is -2.69. The molecule has 0 nitrogen and oxygen atoms in total. The smallest absolute Gasteiger partial charge is 0.100 e. The third-order valence-electron chi connectivity index (χ3n) is 11.8. The molecule has 5 saturated carbocycles. The number of halogens is 2. The van der Waals surface area contributed by atoms with Crippen LogP contribution >= 0.6 is 23.2 Å². The van der Waals surface area contributed by atoms with E-state index in [1.165, 1.54) is 116 Å². The SMILES string of the molecule is CCC1CCC(C2CC[C@]3(CC2)C[C@@]2(CC[C@H](C4CCC(C)CC4)CC2)C3(Cl)Cl)CC1. The minimum Gasteiger partial charge on any atom is -0.100 e. The van der Waals surface area contributed by atoms with E-state index in [2.05, 4.69) is 13.8 Å². The summed E-state index contributed by atoms with van der Waals surface area (Å²) < 4.78 is -0.448. The lowest BCUT2D eigenvalue weighted by atomic mass is 9.42. The van der Waals surface area contributed by atoms with Crippen molar-refractivity contribution in [3.63, 3.8) is 0 Å². The fourth-order valence-electron chi connectivity index (χ4n) is 9.46. The Balaban J connectivity index is 1.14. The molecule has 0 aromatic rings. The largest absolute Gasteiger partial charge is 0.129 e. The maximum Gasteiger partial charge on any atom is 0.129 e. The average molecular weight is 468 g/mol. The van der Waals surface area contributed by atoms with E-state index < -0.39 is 4.33 Å². The van der Waals surface area contributed by atoms with Crippen molar-refractivity contribution in [1.82, 2.24) is 0 Å². The van der Waals surface area contributed by atoms with Crippen LogP contribution in [0, 0.1) is 46.3 Å². The predicted molar refractivity (Wildman–Crippen MR) is 135 cm³/mol. The Labute approximate surface area is 203 Å². The summed E-state index contributed by atoms with van der Waals surface area (Å²) in [7, 11) is 0. The van der Waals surface area contributed by atoms with E-state index in [0.29, 0.717) is 0 Å². The Morgan fingerprint density at radius 1 is 0.581 bits per heavy atom. The summed E-state index contributed by atoms with van der Waals surface area (Å²) in [4.78, 5) is 0. The second kappa shape index (κ2) is 8.98. The Morgan fingerprint density at radius 2 is 0.968 bits per heavy atom. The highest BCUT2D eigenvalue weighted by Crippen LogP contribution is 2.77. The third kappa shape index (κ3) is 4.05. The van der Waals surface area contributed by atoms with Crippen LogP contribution in [0.3, 0.4) is 0 Å². The third-order valence-corrected chi connectivity index (χ3v) is 13.4. The molecule has 0 aromatic carbocycles. The summed E-state index contributed by atoms with van der Waals surface area (Å²) in [6.07, 6.45) is 25.4. The van der Waals surface area contributed by atoms with Crippen molar-refractivity contribution in [2.75, 3.05) is 0 Å². The van der Waals surface area contributed by atoms with Gasteiger partial charge in [-0.2, -0.15) is 0 Å². The number of hydrogen-bond acceptors (Lipinski definition) is 0. The topological polar surface area (TPSA) is 0 Å². The fraction of sp³-hybridized carbons (Fsp3) is 1.00. The molecule has 0 saturated heterocycles. The molecule has 0 heterocycles. The molecule has 0 unspecified atom stereocenters. The lowest BCUT2D eigenvalue weighted by Crippen LogP contribution is -2.66. The van der Waals surface area contributed by atoms with E-state index in [1.54, 1.807) is 0 Å². The minimum atomic E-state index is -0.448. The van der Waals surface area contributed by atoms with Gasteiger partial charge in [0, 0.05) is 10.8 Å². The molecule has 2 heteroatoms. The molecule has 0 aromatic heterocycles. The summed E-state index contributed by atoms with van der Waals surface area (Å²) in [6.45, 7) is 4.82. The molecule has 0 aliphatic heterocycles. The van der Waals surface area contributed by atoms with Crippen LogP contribution < -0.4 is 0 Å². The van der Waals surface area contributed by atoms with Crippen LogP contribution in [-0.2, 0) is 0 Å². The van der Waals surface area contributed by atoms with Crippen molar-refractivity contribution in [2.45, 2.75) is 134 Å². The zero-order valence-corrected chi connectivity index (χ0v) is 22.0. The Kier molecular flexibility index (Phi) is 6.76. The normalized spacial score (nSPS) is 50.3. The van der Waals surface area contributed by atoms with Gasteiger partial charge in [-0.15, -0.1) is 23.2 Å². The lowest BCUT2D eigenvalue weighted by molar-refractivity contribution is -0.122. The van der Waals surface area contributed by atoms with Crippen molar-refractivity contribution in [3.05, 3.63) is 0 Å². The van der Waals surface area contributed by atoms with E-state index in [-0.39, 0.29) is 10.8 Å². The van der Waals surface area contributed by atoms with Crippen LogP contribution in [0.4, 0.5) is 0 Å². The van der Waals surface area contributed by atoms with Gasteiger partial charge >= 0.3 is 0 Å². The monoisotopic (exact) mass is 466 g/mol.